The summed E-state index contributed by atoms with van der Waals surface area (Å²) in [5.74, 6) is 2.94. The maximum Gasteiger partial charge on any atom is 0.446 e. The van der Waals surface area contributed by atoms with Crippen LogP contribution in [0.3, 0.4) is 0 Å². The van der Waals surface area contributed by atoms with Crippen LogP contribution in [0.5, 0.6) is 0 Å². The third-order valence-corrected chi connectivity index (χ3v) is 8.07. The zero-order valence-corrected chi connectivity index (χ0v) is 21.8. The van der Waals surface area contributed by atoms with E-state index in [4.69, 9.17) is 4.79 Å². The number of rotatable bonds is 4. The van der Waals surface area contributed by atoms with E-state index in [1.165, 1.54) is 43.4 Å². The molecule has 1 aromatic carbocycles. The summed E-state index contributed by atoms with van der Waals surface area (Å²) in [4.78, 5) is 26.1. The molecule has 1 saturated carbocycles. The predicted octanol–water partition coefficient (Wildman–Crippen LogP) is 4.55. The number of halogens is 3. The summed E-state index contributed by atoms with van der Waals surface area (Å²) < 4.78 is 31.2. The van der Waals surface area contributed by atoms with Gasteiger partial charge in [0.2, 0.25) is 12.2 Å². The van der Waals surface area contributed by atoms with Gasteiger partial charge in [-0.25, -0.2) is 0 Å². The van der Waals surface area contributed by atoms with Crippen LogP contribution in [-0.4, -0.2) is 85.0 Å². The van der Waals surface area contributed by atoms with Crippen molar-refractivity contribution in [3.8, 4) is 0 Å². The first-order valence-electron chi connectivity index (χ1n) is 12.5. The molecule has 1 aromatic rings. The van der Waals surface area contributed by atoms with Crippen LogP contribution in [0, 0.1) is 12.8 Å². The standard InChI is InChI=1S/C17H31N3OS.C7H8.C2HF3O/c1-18-14-17(6-3-2-4-7-17)20-10-8-19(9-11-20)16(21)15-5-12-22-13-15;1-7-5-3-2-4-6-7;3-2(4,5)1-6/h15,18H,2-14H2,1H3;2-6H,1H3;1H. The smallest absolute Gasteiger partial charge is 0.340 e. The van der Waals surface area contributed by atoms with Crippen molar-refractivity contribution in [1.82, 2.24) is 15.1 Å². The largest absolute Gasteiger partial charge is 0.446 e. The average Bonchev–Trinajstić information content (AvgIpc) is 3.40. The van der Waals surface area contributed by atoms with E-state index in [0.717, 1.165) is 44.9 Å². The van der Waals surface area contributed by atoms with E-state index in [9.17, 15) is 18.0 Å². The Morgan fingerprint density at radius 1 is 1.11 bits per heavy atom. The number of thioether (sulfide) groups is 1. The number of hydrogen-bond acceptors (Lipinski definition) is 5. The fraction of sp³-hybridized carbons (Fsp3) is 0.692. The number of aldehydes is 1. The Morgan fingerprint density at radius 2 is 1.71 bits per heavy atom. The number of alkyl halides is 3. The summed E-state index contributed by atoms with van der Waals surface area (Å²) in [6.45, 7) is 7.18. The number of likely N-dealkylation sites (N-methyl/N-ethyl adjacent to an activating group) is 1. The summed E-state index contributed by atoms with van der Waals surface area (Å²) in [7, 11) is 2.08. The van der Waals surface area contributed by atoms with E-state index in [0.29, 0.717) is 17.4 Å². The molecule has 35 heavy (non-hydrogen) atoms. The lowest BCUT2D eigenvalue weighted by atomic mass is 9.79. The number of nitrogens with one attached hydrogen (secondary N) is 1. The molecular formula is C26H40F3N3O2S. The quantitative estimate of drug-likeness (QED) is 0.597. The van der Waals surface area contributed by atoms with Crippen LogP contribution in [0.1, 0.15) is 44.1 Å². The molecule has 1 N–H and O–H groups in total. The highest BCUT2D eigenvalue weighted by Crippen LogP contribution is 2.34. The highest BCUT2D eigenvalue weighted by molar-refractivity contribution is 7.99. The number of hydrogen-bond donors (Lipinski definition) is 1. The van der Waals surface area contributed by atoms with Gasteiger partial charge >= 0.3 is 6.18 Å². The van der Waals surface area contributed by atoms with Crippen molar-refractivity contribution < 1.29 is 22.8 Å². The van der Waals surface area contributed by atoms with E-state index in [2.05, 4.69) is 41.2 Å². The summed E-state index contributed by atoms with van der Waals surface area (Å²) >= 11 is 1.94. The molecule has 4 rings (SSSR count). The molecule has 1 aliphatic carbocycles. The Bertz CT molecular complexity index is 738. The van der Waals surface area contributed by atoms with Crippen molar-refractivity contribution in [1.29, 1.82) is 0 Å². The Kier molecular flexibility index (Phi) is 12.6. The number of aryl methyl sites for hydroxylation is 1. The lowest BCUT2D eigenvalue weighted by Crippen LogP contribution is -2.62. The minimum Gasteiger partial charge on any atom is -0.340 e. The third kappa shape index (κ3) is 10.1. The van der Waals surface area contributed by atoms with Gasteiger partial charge in [0.15, 0.2) is 0 Å². The Balaban J connectivity index is 0.000000272. The van der Waals surface area contributed by atoms with Crippen molar-refractivity contribution in [2.45, 2.75) is 57.2 Å². The average molecular weight is 516 g/mol. The van der Waals surface area contributed by atoms with E-state index in [1.807, 2.05) is 30.0 Å². The fourth-order valence-electron chi connectivity index (χ4n) is 5.07. The lowest BCUT2D eigenvalue weighted by molar-refractivity contribution is -0.156. The number of nitrogens with zero attached hydrogens (tertiary/aromatic N) is 2. The van der Waals surface area contributed by atoms with Gasteiger partial charge < -0.3 is 10.2 Å². The Hall–Kier alpha value is -1.58. The van der Waals surface area contributed by atoms with Gasteiger partial charge in [-0.15, -0.1) is 0 Å². The summed E-state index contributed by atoms with van der Waals surface area (Å²) in [6, 6.07) is 10.3. The van der Waals surface area contributed by atoms with Crippen LogP contribution in [0.2, 0.25) is 0 Å². The molecule has 0 bridgehead atoms. The van der Waals surface area contributed by atoms with Crippen LogP contribution in [-0.2, 0) is 9.59 Å². The summed E-state index contributed by atoms with van der Waals surface area (Å²) in [5.41, 5.74) is 1.67. The topological polar surface area (TPSA) is 52.6 Å². The van der Waals surface area contributed by atoms with Crippen molar-refractivity contribution in [3.05, 3.63) is 35.9 Å². The lowest BCUT2D eigenvalue weighted by Gasteiger charge is -2.50. The molecule has 3 aliphatic rings. The monoisotopic (exact) mass is 515 g/mol. The summed E-state index contributed by atoms with van der Waals surface area (Å²) in [5, 5.41) is 3.43. The number of benzene rings is 1. The van der Waals surface area contributed by atoms with Gasteiger partial charge in [0, 0.05) is 49.9 Å². The minimum atomic E-state index is -4.64. The highest BCUT2D eigenvalue weighted by Gasteiger charge is 2.40. The molecule has 2 aliphatic heterocycles. The minimum absolute atomic E-state index is 0.303. The molecule has 1 amide bonds. The van der Waals surface area contributed by atoms with Crippen LogP contribution in [0.15, 0.2) is 30.3 Å². The normalized spacial score (nSPS) is 22.3. The molecule has 2 heterocycles. The van der Waals surface area contributed by atoms with Crippen molar-refractivity contribution in [2.75, 3.05) is 51.3 Å². The van der Waals surface area contributed by atoms with Gasteiger partial charge in [-0.1, -0.05) is 55.2 Å². The SMILES string of the molecule is CNCC1(N2CCN(C(=O)C3CCSC3)CC2)CCCCC1.Cc1ccccc1.O=CC(F)(F)F. The van der Waals surface area contributed by atoms with Crippen LogP contribution >= 0.6 is 11.8 Å². The molecule has 0 aromatic heterocycles. The van der Waals surface area contributed by atoms with E-state index < -0.39 is 12.5 Å². The maximum absolute atomic E-state index is 12.6. The predicted molar refractivity (Wildman–Crippen MR) is 137 cm³/mol. The van der Waals surface area contributed by atoms with Gasteiger partial charge in [0.25, 0.3) is 0 Å². The van der Waals surface area contributed by atoms with Crippen LogP contribution in [0.4, 0.5) is 13.2 Å². The number of carbonyl (C=O) groups is 2. The van der Waals surface area contributed by atoms with Crippen molar-refractivity contribution in [3.63, 3.8) is 0 Å². The van der Waals surface area contributed by atoms with Crippen LogP contribution < -0.4 is 5.32 Å². The van der Waals surface area contributed by atoms with E-state index >= 15 is 0 Å². The van der Waals surface area contributed by atoms with Gasteiger partial charge in [0.05, 0.1) is 0 Å². The third-order valence-electron chi connectivity index (χ3n) is 6.91. The molecule has 9 heteroatoms. The van der Waals surface area contributed by atoms with E-state index in [-0.39, 0.29) is 0 Å². The summed E-state index contributed by atoms with van der Waals surface area (Å²) in [6.07, 6.45) is 2.14. The number of amides is 1. The van der Waals surface area contributed by atoms with Gasteiger partial charge in [0.1, 0.15) is 0 Å². The Morgan fingerprint density at radius 3 is 2.14 bits per heavy atom. The van der Waals surface area contributed by atoms with Gasteiger partial charge in [-0.2, -0.15) is 24.9 Å². The molecule has 1 atom stereocenters. The highest BCUT2D eigenvalue weighted by atomic mass is 32.2. The van der Waals surface area contributed by atoms with E-state index in [1.54, 1.807) is 0 Å². The van der Waals surface area contributed by atoms with Crippen LogP contribution in [0.25, 0.3) is 0 Å². The first kappa shape index (κ1) is 29.6. The molecule has 1 unspecified atom stereocenters. The van der Waals surface area contributed by atoms with Crippen molar-refractivity contribution >= 4 is 24.0 Å². The number of carbonyl (C=O) groups excluding carboxylic acids is 2. The zero-order chi connectivity index (χ0) is 25.7. The first-order valence-corrected chi connectivity index (χ1v) is 13.7. The molecular weight excluding hydrogens is 475 g/mol. The van der Waals surface area contributed by atoms with Gasteiger partial charge in [-0.3, -0.25) is 14.5 Å². The maximum atomic E-state index is 12.6. The molecule has 5 nitrogen and oxygen atoms in total. The molecule has 3 fully saturated rings. The number of piperazine rings is 1. The van der Waals surface area contributed by atoms with Crippen molar-refractivity contribution in [2.24, 2.45) is 5.92 Å². The second kappa shape index (κ2) is 14.9. The Labute approximate surface area is 212 Å². The first-order chi connectivity index (χ1) is 16.7. The second-order valence-corrected chi connectivity index (χ2v) is 10.7. The second-order valence-electron chi connectivity index (χ2n) is 9.50. The van der Waals surface area contributed by atoms with Gasteiger partial charge in [-0.05, 0) is 39.0 Å². The zero-order valence-electron chi connectivity index (χ0n) is 21.0. The molecule has 0 radical (unpaired) electrons. The fourth-order valence-corrected chi connectivity index (χ4v) is 6.28. The molecule has 2 saturated heterocycles. The molecule has 0 spiro atoms. The molecule has 198 valence electrons.